The fourth-order valence-corrected chi connectivity index (χ4v) is 3.18. The molecule has 0 aliphatic carbocycles. The highest BCUT2D eigenvalue weighted by atomic mass is 16.6. The molecule has 126 valence electrons. The van der Waals surface area contributed by atoms with E-state index in [9.17, 15) is 4.79 Å². The van der Waals surface area contributed by atoms with Crippen molar-refractivity contribution in [2.45, 2.75) is 25.8 Å². The summed E-state index contributed by atoms with van der Waals surface area (Å²) in [5.74, 6) is 2.12. The van der Waals surface area contributed by atoms with E-state index < -0.39 is 0 Å². The minimum Gasteiger partial charge on any atom is -0.486 e. The third-order valence-electron chi connectivity index (χ3n) is 4.29. The number of nitrogens with zero attached hydrogens (tertiary/aromatic N) is 2. The molecule has 1 aromatic carbocycles. The molecule has 1 saturated heterocycles. The van der Waals surface area contributed by atoms with Crippen molar-refractivity contribution in [2.24, 2.45) is 0 Å². The van der Waals surface area contributed by atoms with Crippen LogP contribution >= 0.6 is 0 Å². The second-order valence-electron chi connectivity index (χ2n) is 6.00. The number of aryl methyl sites for hydroxylation is 1. The van der Waals surface area contributed by atoms with Crippen LogP contribution in [0.2, 0.25) is 0 Å². The monoisotopic (exact) mass is 329 g/mol. The minimum absolute atomic E-state index is 0.0420. The maximum Gasteiger partial charge on any atom is 0.322 e. The number of carbonyl (C=O) groups excluding carboxylic acids is 1. The molecule has 3 heterocycles. The second-order valence-corrected chi connectivity index (χ2v) is 6.00. The van der Waals surface area contributed by atoms with E-state index in [1.54, 1.807) is 11.0 Å². The van der Waals surface area contributed by atoms with E-state index in [-0.39, 0.29) is 12.1 Å². The summed E-state index contributed by atoms with van der Waals surface area (Å²) < 4.78 is 16.2. The zero-order valence-corrected chi connectivity index (χ0v) is 13.4. The molecule has 4 rings (SSSR count). The highest BCUT2D eigenvalue weighted by molar-refractivity contribution is 5.90. The Hall–Kier alpha value is -2.70. The number of urea groups is 1. The standard InChI is InChI=1S/C17H19N3O4/c1-11-9-13(19-24-11)14-3-2-6-20(14)17(21)18-12-4-5-15-16(10-12)23-8-7-22-15/h4-5,9-10,14H,2-3,6-8H2,1H3,(H,18,21)/t14-/m0/s1. The summed E-state index contributed by atoms with van der Waals surface area (Å²) in [6, 6.07) is 7.12. The molecule has 7 heteroatoms. The van der Waals surface area contributed by atoms with Crippen LogP contribution in [0.1, 0.15) is 30.3 Å². The minimum atomic E-state index is -0.144. The van der Waals surface area contributed by atoms with E-state index in [0.29, 0.717) is 36.9 Å². The molecule has 7 nitrogen and oxygen atoms in total. The fraction of sp³-hybridized carbons (Fsp3) is 0.412. The first-order valence-corrected chi connectivity index (χ1v) is 8.11. The lowest BCUT2D eigenvalue weighted by atomic mass is 10.1. The van der Waals surface area contributed by atoms with Crippen molar-refractivity contribution in [1.29, 1.82) is 0 Å². The molecule has 1 fully saturated rings. The maximum atomic E-state index is 12.7. The van der Waals surface area contributed by atoms with Gasteiger partial charge in [-0.2, -0.15) is 0 Å². The van der Waals surface area contributed by atoms with Gasteiger partial charge in [0.25, 0.3) is 0 Å². The third kappa shape index (κ3) is 2.77. The fourth-order valence-electron chi connectivity index (χ4n) is 3.18. The summed E-state index contributed by atoms with van der Waals surface area (Å²) in [5, 5.41) is 7.00. The molecule has 0 radical (unpaired) electrons. The smallest absolute Gasteiger partial charge is 0.322 e. The number of carbonyl (C=O) groups is 1. The van der Waals surface area contributed by atoms with E-state index in [4.69, 9.17) is 14.0 Å². The van der Waals surface area contributed by atoms with Crippen LogP contribution in [-0.2, 0) is 0 Å². The Kier molecular flexibility index (Phi) is 3.76. The molecule has 0 saturated carbocycles. The predicted molar refractivity (Wildman–Crippen MR) is 86.4 cm³/mol. The van der Waals surface area contributed by atoms with Crippen molar-refractivity contribution >= 4 is 11.7 Å². The van der Waals surface area contributed by atoms with Gasteiger partial charge in [-0.1, -0.05) is 5.16 Å². The number of hydrogen-bond acceptors (Lipinski definition) is 5. The lowest BCUT2D eigenvalue weighted by Crippen LogP contribution is -2.34. The van der Waals surface area contributed by atoms with Crippen molar-refractivity contribution in [1.82, 2.24) is 10.1 Å². The number of likely N-dealkylation sites (tertiary alicyclic amines) is 1. The number of aromatic nitrogens is 1. The first-order chi connectivity index (χ1) is 11.7. The van der Waals surface area contributed by atoms with Gasteiger partial charge in [-0.05, 0) is 31.9 Å². The van der Waals surface area contributed by atoms with E-state index in [1.165, 1.54) is 0 Å². The van der Waals surface area contributed by atoms with E-state index >= 15 is 0 Å². The first kappa shape index (κ1) is 14.9. The van der Waals surface area contributed by atoms with Crippen LogP contribution in [0.5, 0.6) is 11.5 Å². The van der Waals surface area contributed by atoms with Crippen LogP contribution in [-0.4, -0.2) is 35.8 Å². The van der Waals surface area contributed by atoms with Crippen molar-refractivity contribution in [3.8, 4) is 11.5 Å². The molecule has 1 N–H and O–H groups in total. The highest BCUT2D eigenvalue weighted by Crippen LogP contribution is 2.34. The van der Waals surface area contributed by atoms with Crippen LogP contribution in [0.4, 0.5) is 10.5 Å². The lowest BCUT2D eigenvalue weighted by molar-refractivity contribution is 0.171. The largest absolute Gasteiger partial charge is 0.486 e. The van der Waals surface area contributed by atoms with Crippen molar-refractivity contribution < 1.29 is 18.8 Å². The van der Waals surface area contributed by atoms with Crippen LogP contribution in [0, 0.1) is 6.92 Å². The Labute approximate surface area is 139 Å². The second kappa shape index (κ2) is 6.07. The molecule has 0 unspecified atom stereocenters. The molecule has 0 spiro atoms. The number of nitrogens with one attached hydrogen (secondary N) is 1. The Morgan fingerprint density at radius 2 is 2.08 bits per heavy atom. The molecule has 2 aliphatic heterocycles. The van der Waals surface area contributed by atoms with Crippen molar-refractivity contribution in [2.75, 3.05) is 25.1 Å². The topological polar surface area (TPSA) is 76.8 Å². The number of benzene rings is 1. The summed E-state index contributed by atoms with van der Waals surface area (Å²) in [4.78, 5) is 14.5. The number of amides is 2. The Bertz CT molecular complexity index is 758. The van der Waals surface area contributed by atoms with Crippen molar-refractivity contribution in [3.63, 3.8) is 0 Å². The van der Waals surface area contributed by atoms with Gasteiger partial charge in [0.1, 0.15) is 24.7 Å². The number of hydrogen-bond donors (Lipinski definition) is 1. The number of rotatable bonds is 2. The molecule has 0 bridgehead atoms. The average Bonchev–Trinajstić information content (AvgIpc) is 3.23. The van der Waals surface area contributed by atoms with Gasteiger partial charge < -0.3 is 24.2 Å². The highest BCUT2D eigenvalue weighted by Gasteiger charge is 2.32. The van der Waals surface area contributed by atoms with Crippen LogP contribution in [0.3, 0.4) is 0 Å². The molecular formula is C17H19N3O4. The molecular weight excluding hydrogens is 310 g/mol. The SMILES string of the molecule is Cc1cc([C@@H]2CCCN2C(=O)Nc2ccc3c(c2)OCCO3)no1. The van der Waals surface area contributed by atoms with E-state index in [2.05, 4.69) is 10.5 Å². The average molecular weight is 329 g/mol. The van der Waals surface area contributed by atoms with Gasteiger partial charge in [0.05, 0.1) is 6.04 Å². The Morgan fingerprint density at radius 1 is 1.25 bits per heavy atom. The van der Waals surface area contributed by atoms with Gasteiger partial charge in [0.15, 0.2) is 11.5 Å². The van der Waals surface area contributed by atoms with Gasteiger partial charge in [-0.25, -0.2) is 4.79 Å². The zero-order valence-electron chi connectivity index (χ0n) is 13.4. The van der Waals surface area contributed by atoms with Gasteiger partial charge >= 0.3 is 6.03 Å². The van der Waals surface area contributed by atoms with Gasteiger partial charge in [0, 0.05) is 24.4 Å². The first-order valence-electron chi connectivity index (χ1n) is 8.11. The van der Waals surface area contributed by atoms with Crippen LogP contribution < -0.4 is 14.8 Å². The molecule has 2 amide bonds. The van der Waals surface area contributed by atoms with E-state index in [0.717, 1.165) is 24.3 Å². The molecule has 24 heavy (non-hydrogen) atoms. The number of anilines is 1. The van der Waals surface area contributed by atoms with Crippen LogP contribution in [0.15, 0.2) is 28.8 Å². The number of fused-ring (bicyclic) bond motifs is 1. The lowest BCUT2D eigenvalue weighted by Gasteiger charge is -2.24. The maximum absolute atomic E-state index is 12.7. The quantitative estimate of drug-likeness (QED) is 0.916. The summed E-state index contributed by atoms with van der Waals surface area (Å²) in [6.45, 7) is 3.62. The normalized spacial score (nSPS) is 19.4. The molecule has 1 aromatic heterocycles. The molecule has 2 aromatic rings. The Balaban J connectivity index is 1.49. The summed E-state index contributed by atoms with van der Waals surface area (Å²) in [7, 11) is 0. The third-order valence-corrected chi connectivity index (χ3v) is 4.29. The van der Waals surface area contributed by atoms with Gasteiger partial charge in [-0.15, -0.1) is 0 Å². The summed E-state index contributed by atoms with van der Waals surface area (Å²) in [6.07, 6.45) is 1.84. The van der Waals surface area contributed by atoms with Crippen LogP contribution in [0.25, 0.3) is 0 Å². The summed E-state index contributed by atoms with van der Waals surface area (Å²) >= 11 is 0. The molecule has 2 aliphatic rings. The predicted octanol–water partition coefficient (Wildman–Crippen LogP) is 3.12. The zero-order chi connectivity index (χ0) is 16.5. The summed E-state index contributed by atoms with van der Waals surface area (Å²) in [5.41, 5.74) is 1.49. The van der Waals surface area contributed by atoms with E-state index in [1.807, 2.05) is 25.1 Å². The number of ether oxygens (including phenoxy) is 2. The Morgan fingerprint density at radius 3 is 2.88 bits per heavy atom. The van der Waals surface area contributed by atoms with Gasteiger partial charge in [0.2, 0.25) is 0 Å². The van der Waals surface area contributed by atoms with Crippen molar-refractivity contribution in [3.05, 3.63) is 35.7 Å². The molecule has 1 atom stereocenters. The van der Waals surface area contributed by atoms with Gasteiger partial charge in [-0.3, -0.25) is 0 Å².